The van der Waals surface area contributed by atoms with Crippen LogP contribution in [0.15, 0.2) is 62.2 Å². The van der Waals surface area contributed by atoms with E-state index in [2.05, 4.69) is 31.2 Å². The van der Waals surface area contributed by atoms with Gasteiger partial charge in [0.05, 0.1) is 17.5 Å². The van der Waals surface area contributed by atoms with Gasteiger partial charge in [0.2, 0.25) is 11.8 Å². The van der Waals surface area contributed by atoms with Gasteiger partial charge in [-0.3, -0.25) is 9.59 Å². The molecule has 0 N–H and O–H groups in total. The largest absolute Gasteiger partial charge is 0.419 e. The Labute approximate surface area is 185 Å². The van der Waals surface area contributed by atoms with Crippen LogP contribution in [-0.4, -0.2) is 36.8 Å². The fraction of sp³-hybridized carbons (Fsp3) is 0.227. The molecule has 8 nitrogen and oxygen atoms in total. The molecule has 1 aliphatic rings. The Morgan fingerprint density at radius 1 is 1.13 bits per heavy atom. The molecule has 1 saturated carbocycles. The molecule has 0 spiro atoms. The number of benzene rings is 2. The van der Waals surface area contributed by atoms with Crippen LogP contribution in [0.5, 0.6) is 0 Å². The zero-order valence-corrected chi connectivity index (χ0v) is 18.2. The molecule has 0 unspecified atom stereocenters. The van der Waals surface area contributed by atoms with Crippen molar-refractivity contribution in [2.75, 3.05) is 0 Å². The summed E-state index contributed by atoms with van der Waals surface area (Å²) in [7, 11) is 1.55. The molecular weight excluding hydrogens is 462 g/mol. The summed E-state index contributed by atoms with van der Waals surface area (Å²) in [6.45, 7) is 0.180. The van der Waals surface area contributed by atoms with Crippen LogP contribution in [0.1, 0.15) is 29.2 Å². The molecule has 4 aromatic rings. The quantitative estimate of drug-likeness (QED) is 0.434. The number of nitrogens with zero attached hydrogens (tertiary/aromatic N) is 5. The second kappa shape index (κ2) is 7.73. The summed E-state index contributed by atoms with van der Waals surface area (Å²) < 4.78 is 7.91. The highest BCUT2D eigenvalue weighted by Gasteiger charge is 2.36. The first-order valence-electron chi connectivity index (χ1n) is 9.87. The topological polar surface area (TPSA) is 94.1 Å². The van der Waals surface area contributed by atoms with Crippen molar-refractivity contribution >= 4 is 32.6 Å². The standard InChI is InChI=1S/C22H18BrN5O3/c1-27-21(29)15-7-3-2-6-14(15)19(26-27)22(30)28(13-10-11-13)12-18-24-25-20(31-18)16-8-4-5-9-17(16)23/h2-9,13H,10-12H2,1H3. The molecule has 0 saturated heterocycles. The molecule has 0 bridgehead atoms. The second-order valence-corrected chi connectivity index (χ2v) is 8.32. The SMILES string of the molecule is Cn1nc(C(=O)N(Cc2nnc(-c3ccccc3Br)o2)C2CC2)c2ccccc2c1=O. The summed E-state index contributed by atoms with van der Waals surface area (Å²) in [5.74, 6) is 0.478. The van der Waals surface area contributed by atoms with Crippen LogP contribution in [0.25, 0.3) is 22.2 Å². The Morgan fingerprint density at radius 2 is 1.84 bits per heavy atom. The zero-order valence-electron chi connectivity index (χ0n) is 16.7. The van der Waals surface area contributed by atoms with E-state index in [4.69, 9.17) is 4.42 Å². The Bertz CT molecular complexity index is 1360. The molecule has 1 amide bonds. The van der Waals surface area contributed by atoms with Crippen molar-refractivity contribution < 1.29 is 9.21 Å². The smallest absolute Gasteiger partial charge is 0.275 e. The molecule has 0 aliphatic heterocycles. The van der Waals surface area contributed by atoms with Crippen LogP contribution in [0, 0.1) is 0 Å². The summed E-state index contributed by atoms with van der Waals surface area (Å²) in [5, 5.41) is 13.6. The van der Waals surface area contributed by atoms with E-state index in [1.165, 1.54) is 4.68 Å². The van der Waals surface area contributed by atoms with Crippen LogP contribution in [0.3, 0.4) is 0 Å². The Balaban J connectivity index is 1.49. The lowest BCUT2D eigenvalue weighted by Gasteiger charge is -2.21. The monoisotopic (exact) mass is 479 g/mol. The average molecular weight is 480 g/mol. The fourth-order valence-electron chi connectivity index (χ4n) is 3.55. The molecule has 156 valence electrons. The summed E-state index contributed by atoms with van der Waals surface area (Å²) in [6.07, 6.45) is 1.81. The van der Waals surface area contributed by atoms with Gasteiger partial charge in [0.25, 0.3) is 11.5 Å². The molecule has 1 aliphatic carbocycles. The van der Waals surface area contributed by atoms with Crippen LogP contribution >= 0.6 is 15.9 Å². The lowest BCUT2D eigenvalue weighted by Crippen LogP contribution is -2.35. The predicted molar refractivity (Wildman–Crippen MR) is 117 cm³/mol. The average Bonchev–Trinajstić information content (AvgIpc) is 3.52. The highest BCUT2D eigenvalue weighted by molar-refractivity contribution is 9.10. The van der Waals surface area contributed by atoms with Gasteiger partial charge in [-0.2, -0.15) is 5.10 Å². The summed E-state index contributed by atoms with van der Waals surface area (Å²) in [4.78, 5) is 27.6. The maximum atomic E-state index is 13.5. The van der Waals surface area contributed by atoms with Gasteiger partial charge >= 0.3 is 0 Å². The van der Waals surface area contributed by atoms with E-state index in [-0.39, 0.29) is 29.7 Å². The van der Waals surface area contributed by atoms with Crippen molar-refractivity contribution in [3.8, 4) is 11.5 Å². The van der Waals surface area contributed by atoms with Crippen LogP contribution in [0.4, 0.5) is 0 Å². The fourth-order valence-corrected chi connectivity index (χ4v) is 4.01. The van der Waals surface area contributed by atoms with E-state index in [9.17, 15) is 9.59 Å². The minimum absolute atomic E-state index is 0.0871. The summed E-state index contributed by atoms with van der Waals surface area (Å²) >= 11 is 3.49. The number of fused-ring (bicyclic) bond motifs is 1. The van der Waals surface area contributed by atoms with Gasteiger partial charge in [0.15, 0.2) is 5.69 Å². The van der Waals surface area contributed by atoms with Crippen LogP contribution in [-0.2, 0) is 13.6 Å². The first-order valence-corrected chi connectivity index (χ1v) is 10.7. The molecule has 0 atom stereocenters. The predicted octanol–water partition coefficient (Wildman–Crippen LogP) is 3.55. The van der Waals surface area contributed by atoms with Crippen LogP contribution < -0.4 is 5.56 Å². The van der Waals surface area contributed by atoms with Crippen molar-refractivity contribution in [1.29, 1.82) is 0 Å². The normalized spacial score (nSPS) is 13.5. The number of hydrogen-bond donors (Lipinski definition) is 0. The number of hydrogen-bond acceptors (Lipinski definition) is 6. The minimum Gasteiger partial charge on any atom is -0.419 e. The first-order chi connectivity index (χ1) is 15.0. The molecule has 0 radical (unpaired) electrons. The van der Waals surface area contributed by atoms with Gasteiger partial charge in [0.1, 0.15) is 0 Å². The third kappa shape index (κ3) is 3.65. The molecule has 2 aromatic carbocycles. The number of rotatable bonds is 5. The van der Waals surface area contributed by atoms with Crippen molar-refractivity contribution in [2.24, 2.45) is 7.05 Å². The molecule has 1 fully saturated rings. The molecule has 5 rings (SSSR count). The first kappa shape index (κ1) is 19.6. The Kier molecular flexibility index (Phi) is 4.90. The molecule has 2 aromatic heterocycles. The van der Waals surface area contributed by atoms with Crippen LogP contribution in [0.2, 0.25) is 0 Å². The number of carbonyl (C=O) groups is 1. The highest BCUT2D eigenvalue weighted by Crippen LogP contribution is 2.31. The van der Waals surface area contributed by atoms with Gasteiger partial charge in [0, 0.05) is 22.9 Å². The van der Waals surface area contributed by atoms with Crippen molar-refractivity contribution in [3.05, 3.63) is 74.9 Å². The zero-order chi connectivity index (χ0) is 21.5. The third-order valence-corrected chi connectivity index (χ3v) is 5.98. The minimum atomic E-state index is -0.255. The third-order valence-electron chi connectivity index (χ3n) is 5.28. The van der Waals surface area contributed by atoms with Crippen molar-refractivity contribution in [1.82, 2.24) is 24.9 Å². The van der Waals surface area contributed by atoms with E-state index >= 15 is 0 Å². The number of halogens is 1. The number of amides is 1. The van der Waals surface area contributed by atoms with E-state index in [1.807, 2.05) is 24.3 Å². The number of carbonyl (C=O) groups excluding carboxylic acids is 1. The van der Waals surface area contributed by atoms with Gasteiger partial charge in [-0.25, -0.2) is 4.68 Å². The maximum absolute atomic E-state index is 13.5. The maximum Gasteiger partial charge on any atom is 0.275 e. The molecule has 2 heterocycles. The molecule has 31 heavy (non-hydrogen) atoms. The summed E-state index contributed by atoms with van der Waals surface area (Å²) in [5.41, 5.74) is 0.798. The van der Waals surface area contributed by atoms with E-state index < -0.39 is 0 Å². The number of aromatic nitrogens is 4. The second-order valence-electron chi connectivity index (χ2n) is 7.47. The van der Waals surface area contributed by atoms with Crippen molar-refractivity contribution in [2.45, 2.75) is 25.4 Å². The lowest BCUT2D eigenvalue weighted by molar-refractivity contribution is 0.0708. The van der Waals surface area contributed by atoms with Gasteiger partial charge < -0.3 is 9.32 Å². The Hall–Kier alpha value is -3.33. The summed E-state index contributed by atoms with van der Waals surface area (Å²) in [6, 6.07) is 14.7. The van der Waals surface area contributed by atoms with Gasteiger partial charge in [-0.1, -0.05) is 30.3 Å². The van der Waals surface area contributed by atoms with Gasteiger partial charge in [-0.05, 0) is 47.0 Å². The molecular formula is C22H18BrN5O3. The Morgan fingerprint density at radius 3 is 2.58 bits per heavy atom. The van der Waals surface area contributed by atoms with E-state index in [0.29, 0.717) is 22.6 Å². The van der Waals surface area contributed by atoms with Gasteiger partial charge in [-0.15, -0.1) is 10.2 Å². The number of aryl methyl sites for hydroxylation is 1. The van der Waals surface area contributed by atoms with Crippen molar-refractivity contribution in [3.63, 3.8) is 0 Å². The lowest BCUT2D eigenvalue weighted by atomic mass is 10.1. The highest BCUT2D eigenvalue weighted by atomic mass is 79.9. The van der Waals surface area contributed by atoms with E-state index in [0.717, 1.165) is 22.9 Å². The molecule has 9 heteroatoms. The van der Waals surface area contributed by atoms with E-state index in [1.54, 1.807) is 36.2 Å².